The maximum atomic E-state index is 10.7. The van der Waals surface area contributed by atoms with Crippen LogP contribution in [-0.4, -0.2) is 14.8 Å². The van der Waals surface area contributed by atoms with Crippen LogP contribution in [0.2, 0.25) is 0 Å². The van der Waals surface area contributed by atoms with E-state index < -0.39 is 0 Å². The van der Waals surface area contributed by atoms with E-state index >= 15 is 0 Å². The zero-order valence-electron chi connectivity index (χ0n) is 8.27. The second-order valence-electron chi connectivity index (χ2n) is 2.37. The van der Waals surface area contributed by atoms with Crippen molar-refractivity contribution in [1.82, 2.24) is 14.8 Å². The van der Waals surface area contributed by atoms with Crippen molar-refractivity contribution in [3.8, 4) is 5.69 Å². The fraction of sp³-hybridized carbons (Fsp3) is 0. The van der Waals surface area contributed by atoms with Crippen LogP contribution in [0.4, 0.5) is 0 Å². The molecule has 0 radical (unpaired) electrons. The fourth-order valence-electron chi connectivity index (χ4n) is 0.991. The minimum atomic E-state index is -0.334. The fourth-order valence-corrected chi connectivity index (χ4v) is 0.991. The van der Waals surface area contributed by atoms with Gasteiger partial charge in [-0.3, -0.25) is 0 Å². The van der Waals surface area contributed by atoms with Gasteiger partial charge in [-0.25, -0.2) is 14.6 Å². The van der Waals surface area contributed by atoms with Crippen molar-refractivity contribution < 1.29 is 31.0 Å². The Morgan fingerprint density at radius 1 is 1.31 bits per heavy atom. The molecule has 0 aliphatic heterocycles. The molecule has 1 aromatic heterocycles. The van der Waals surface area contributed by atoms with Gasteiger partial charge in [0.15, 0.2) is 0 Å². The van der Waals surface area contributed by atoms with Crippen molar-refractivity contribution >= 4 is 0 Å². The summed E-state index contributed by atoms with van der Waals surface area (Å²) in [7, 11) is 0. The van der Waals surface area contributed by atoms with Gasteiger partial charge in [0.05, 0.1) is 5.69 Å². The van der Waals surface area contributed by atoms with Crippen LogP contribution >= 0.6 is 0 Å². The van der Waals surface area contributed by atoms with Gasteiger partial charge in [0.1, 0.15) is 6.33 Å². The first-order valence-electron chi connectivity index (χ1n) is 3.55. The molecule has 0 spiro atoms. The van der Waals surface area contributed by atoms with Gasteiger partial charge in [0.2, 0.25) is 0 Å². The predicted octanol–water partition coefficient (Wildman–Crippen LogP) is -2.32. The second-order valence-corrected chi connectivity index (χ2v) is 2.37. The summed E-state index contributed by atoms with van der Waals surface area (Å²) in [5.74, 6) is 0. The van der Waals surface area contributed by atoms with Crippen LogP contribution < -0.4 is 35.2 Å². The summed E-state index contributed by atoms with van der Waals surface area (Å²) in [4.78, 5) is 14.2. The number of hydrogen-bond donors (Lipinski definition) is 1. The van der Waals surface area contributed by atoms with Gasteiger partial charge >= 0.3 is 35.2 Å². The molecule has 1 N–H and O–H groups in total. The Kier molecular flexibility index (Phi) is 3.48. The number of hydrogen-bond acceptors (Lipinski definition) is 2. The molecule has 0 fully saturated rings. The number of para-hydroxylation sites is 1. The maximum absolute atomic E-state index is 10.7. The minimum Gasteiger partial charge on any atom is -1.00 e. The molecule has 0 saturated carbocycles. The van der Waals surface area contributed by atoms with E-state index in [-0.39, 0.29) is 36.7 Å². The normalized spacial score (nSPS) is 9.23. The monoisotopic (exact) mass is 185 g/mol. The molecule has 5 heteroatoms. The molecule has 0 aliphatic rings. The van der Waals surface area contributed by atoms with Crippen LogP contribution in [-0.2, 0) is 0 Å². The van der Waals surface area contributed by atoms with Crippen LogP contribution in [0.3, 0.4) is 0 Å². The Morgan fingerprint density at radius 3 is 2.54 bits per heavy atom. The van der Waals surface area contributed by atoms with Gasteiger partial charge in [-0.05, 0) is 12.1 Å². The van der Waals surface area contributed by atoms with Crippen molar-refractivity contribution in [3.63, 3.8) is 0 Å². The number of aromatic amines is 1. The summed E-state index contributed by atoms with van der Waals surface area (Å²) in [5, 5.41) is 2.54. The number of H-pyrrole nitrogens is 1. The molecular formula is C8H8N3NaO. The second kappa shape index (κ2) is 4.41. The van der Waals surface area contributed by atoms with Crippen LogP contribution in [0.15, 0.2) is 41.5 Å². The molecule has 0 saturated heterocycles. The summed E-state index contributed by atoms with van der Waals surface area (Å²) in [6.45, 7) is 0. The quantitative estimate of drug-likeness (QED) is 0.507. The number of rotatable bonds is 1. The third-order valence-corrected chi connectivity index (χ3v) is 1.54. The Balaban J connectivity index is 0.000000845. The van der Waals surface area contributed by atoms with E-state index in [0.29, 0.717) is 0 Å². The van der Waals surface area contributed by atoms with Crippen molar-refractivity contribution in [1.29, 1.82) is 0 Å². The Labute approximate surface area is 98.4 Å². The third-order valence-electron chi connectivity index (χ3n) is 1.54. The minimum absolute atomic E-state index is 0. The van der Waals surface area contributed by atoms with Gasteiger partial charge in [-0.2, -0.15) is 4.98 Å². The zero-order chi connectivity index (χ0) is 8.39. The van der Waals surface area contributed by atoms with Crippen LogP contribution in [0.25, 0.3) is 5.69 Å². The SMILES string of the molecule is O=c1ncn(-c2ccccc2)[nH]1.[H-].[Na+]. The van der Waals surface area contributed by atoms with E-state index in [0.717, 1.165) is 5.69 Å². The van der Waals surface area contributed by atoms with E-state index in [2.05, 4.69) is 10.1 Å². The Morgan fingerprint density at radius 2 is 2.00 bits per heavy atom. The van der Waals surface area contributed by atoms with Gasteiger partial charge < -0.3 is 1.43 Å². The molecule has 1 aromatic carbocycles. The van der Waals surface area contributed by atoms with E-state index in [9.17, 15) is 4.79 Å². The average molecular weight is 185 g/mol. The number of nitrogens with one attached hydrogen (secondary N) is 1. The molecule has 13 heavy (non-hydrogen) atoms. The van der Waals surface area contributed by atoms with Crippen molar-refractivity contribution in [2.75, 3.05) is 0 Å². The first-order chi connectivity index (χ1) is 5.86. The van der Waals surface area contributed by atoms with Crippen molar-refractivity contribution in [3.05, 3.63) is 47.1 Å². The smallest absolute Gasteiger partial charge is 1.00 e. The van der Waals surface area contributed by atoms with E-state index in [1.54, 1.807) is 4.68 Å². The first-order valence-corrected chi connectivity index (χ1v) is 3.55. The molecule has 4 nitrogen and oxygen atoms in total. The van der Waals surface area contributed by atoms with Crippen LogP contribution in [0, 0.1) is 0 Å². The summed E-state index contributed by atoms with van der Waals surface area (Å²) in [6.07, 6.45) is 1.46. The standard InChI is InChI=1S/C8H7N3O.Na.H/c12-8-9-6-11(10-8)7-4-2-1-3-5-7;;/h1-6H,(H,10,12);;/q;+1;-1. The predicted molar refractivity (Wildman–Crippen MR) is 45.3 cm³/mol. The molecular weight excluding hydrogens is 177 g/mol. The van der Waals surface area contributed by atoms with Crippen molar-refractivity contribution in [2.24, 2.45) is 0 Å². The topological polar surface area (TPSA) is 50.7 Å². The van der Waals surface area contributed by atoms with Crippen LogP contribution in [0.1, 0.15) is 1.43 Å². The van der Waals surface area contributed by atoms with Gasteiger partial charge in [-0.1, -0.05) is 18.2 Å². The van der Waals surface area contributed by atoms with Gasteiger partial charge in [-0.15, -0.1) is 0 Å². The molecule has 0 bridgehead atoms. The molecule has 2 rings (SSSR count). The first kappa shape index (κ1) is 10.2. The summed E-state index contributed by atoms with van der Waals surface area (Å²) < 4.78 is 1.57. The summed E-state index contributed by atoms with van der Waals surface area (Å²) >= 11 is 0. The third kappa shape index (κ3) is 2.30. The Hall–Kier alpha value is -0.840. The maximum Gasteiger partial charge on any atom is 1.00 e. The number of benzene rings is 1. The van der Waals surface area contributed by atoms with E-state index in [1.807, 2.05) is 30.3 Å². The van der Waals surface area contributed by atoms with Gasteiger partial charge in [0.25, 0.3) is 0 Å². The van der Waals surface area contributed by atoms with E-state index in [1.165, 1.54) is 6.33 Å². The molecule has 0 atom stereocenters. The van der Waals surface area contributed by atoms with Crippen LogP contribution in [0.5, 0.6) is 0 Å². The summed E-state index contributed by atoms with van der Waals surface area (Å²) in [6, 6.07) is 9.48. The zero-order valence-corrected chi connectivity index (χ0v) is 9.27. The summed E-state index contributed by atoms with van der Waals surface area (Å²) in [5.41, 5.74) is 0.561. The Bertz CT molecular complexity index is 425. The average Bonchev–Trinajstić information content (AvgIpc) is 2.54. The molecule has 0 aliphatic carbocycles. The number of aromatic nitrogens is 3. The van der Waals surface area contributed by atoms with Gasteiger partial charge in [0, 0.05) is 0 Å². The molecule has 0 unspecified atom stereocenters. The van der Waals surface area contributed by atoms with Crippen molar-refractivity contribution in [2.45, 2.75) is 0 Å². The molecule has 2 aromatic rings. The number of nitrogens with zero attached hydrogens (tertiary/aromatic N) is 2. The molecule has 62 valence electrons. The largest absolute Gasteiger partial charge is 1.00 e. The molecule has 1 heterocycles. The molecule has 0 amide bonds. The van der Waals surface area contributed by atoms with E-state index in [4.69, 9.17) is 0 Å².